The number of anilines is 1. The number of aryl methyl sites for hydroxylation is 1. The van der Waals surface area contributed by atoms with Crippen LogP contribution in [0.4, 0.5) is 9.52 Å². The number of sulfone groups is 1. The van der Waals surface area contributed by atoms with Gasteiger partial charge in [0, 0.05) is 23.8 Å². The molecule has 4 aromatic rings. The van der Waals surface area contributed by atoms with E-state index in [1.165, 1.54) is 28.4 Å². The Morgan fingerprint density at radius 3 is 2.64 bits per heavy atom. The molecule has 4 rings (SSSR count). The molecular weight excluding hydrogens is 485 g/mol. The highest BCUT2D eigenvalue weighted by atomic mass is 35.5. The molecule has 170 valence electrons. The summed E-state index contributed by atoms with van der Waals surface area (Å²) in [7, 11) is -3.76. The summed E-state index contributed by atoms with van der Waals surface area (Å²) in [4.78, 5) is 23.4. The van der Waals surface area contributed by atoms with E-state index >= 15 is 0 Å². The lowest BCUT2D eigenvalue weighted by Gasteiger charge is -2.20. The molecule has 6 nitrogen and oxygen atoms in total. The van der Waals surface area contributed by atoms with Crippen LogP contribution >= 0.6 is 22.9 Å². The second-order valence-electron chi connectivity index (χ2n) is 7.43. The fourth-order valence-electron chi connectivity index (χ4n) is 3.31. The van der Waals surface area contributed by atoms with E-state index < -0.39 is 27.3 Å². The van der Waals surface area contributed by atoms with Crippen LogP contribution in [0.3, 0.4) is 0 Å². The molecule has 0 spiro atoms. The summed E-state index contributed by atoms with van der Waals surface area (Å²) in [6.45, 7) is 2.08. The second kappa shape index (κ2) is 9.54. The number of carbonyl (C=O) groups excluding carboxylic acids is 1. The van der Waals surface area contributed by atoms with Crippen molar-refractivity contribution < 1.29 is 17.6 Å². The van der Waals surface area contributed by atoms with Crippen molar-refractivity contribution in [2.45, 2.75) is 24.8 Å². The summed E-state index contributed by atoms with van der Waals surface area (Å²) >= 11 is 7.48. The minimum Gasteiger partial charge on any atom is -0.284 e. The molecule has 1 amide bonds. The highest BCUT2D eigenvalue weighted by Crippen LogP contribution is 2.34. The van der Waals surface area contributed by atoms with Gasteiger partial charge in [-0.25, -0.2) is 17.8 Å². The molecule has 0 aliphatic heterocycles. The first-order valence-corrected chi connectivity index (χ1v) is 12.8. The second-order valence-corrected chi connectivity index (χ2v) is 11.0. The van der Waals surface area contributed by atoms with Crippen LogP contribution in [0.25, 0.3) is 10.2 Å². The average molecular weight is 504 g/mol. The molecule has 0 bridgehead atoms. The minimum atomic E-state index is -3.76. The normalized spacial score (nSPS) is 11.6. The predicted octanol–water partition coefficient (Wildman–Crippen LogP) is 5.19. The van der Waals surface area contributed by atoms with E-state index in [0.717, 1.165) is 33.5 Å². The first-order valence-electron chi connectivity index (χ1n) is 9.97. The molecule has 2 heterocycles. The first-order chi connectivity index (χ1) is 15.7. The van der Waals surface area contributed by atoms with Crippen LogP contribution < -0.4 is 4.90 Å². The van der Waals surface area contributed by atoms with Crippen LogP contribution in [0.2, 0.25) is 5.02 Å². The predicted molar refractivity (Wildman–Crippen MR) is 128 cm³/mol. The molecule has 0 fully saturated rings. The number of benzene rings is 2. The van der Waals surface area contributed by atoms with Gasteiger partial charge in [-0.3, -0.25) is 14.7 Å². The van der Waals surface area contributed by atoms with Crippen molar-refractivity contribution in [2.24, 2.45) is 0 Å². The van der Waals surface area contributed by atoms with Crippen molar-refractivity contribution in [1.82, 2.24) is 9.97 Å². The summed E-state index contributed by atoms with van der Waals surface area (Å²) in [5, 5.41) is 1.02. The van der Waals surface area contributed by atoms with Crippen LogP contribution in [-0.4, -0.2) is 30.0 Å². The molecule has 0 radical (unpaired) electrons. The van der Waals surface area contributed by atoms with Crippen molar-refractivity contribution in [3.8, 4) is 0 Å². The number of pyridine rings is 1. The Morgan fingerprint density at radius 1 is 1.18 bits per heavy atom. The Labute approximate surface area is 199 Å². The van der Waals surface area contributed by atoms with E-state index in [2.05, 4.69) is 9.97 Å². The topological polar surface area (TPSA) is 80.2 Å². The van der Waals surface area contributed by atoms with E-state index in [1.54, 1.807) is 30.6 Å². The summed E-state index contributed by atoms with van der Waals surface area (Å²) in [5.74, 6) is -1.33. The first kappa shape index (κ1) is 23.3. The van der Waals surface area contributed by atoms with Gasteiger partial charge in [-0.1, -0.05) is 29.0 Å². The Morgan fingerprint density at radius 2 is 1.94 bits per heavy atom. The Balaban J connectivity index is 1.62. The molecule has 0 N–H and O–H groups in total. The molecule has 2 aromatic heterocycles. The van der Waals surface area contributed by atoms with E-state index in [1.807, 2.05) is 13.0 Å². The zero-order valence-corrected chi connectivity index (χ0v) is 19.9. The lowest BCUT2D eigenvalue weighted by Crippen LogP contribution is -2.31. The number of rotatable bonds is 7. The minimum absolute atomic E-state index is 0.0271. The number of halogens is 2. The number of carbonyl (C=O) groups is 1. The highest BCUT2D eigenvalue weighted by Gasteiger charge is 2.24. The Hall–Kier alpha value is -2.88. The van der Waals surface area contributed by atoms with Crippen molar-refractivity contribution in [2.75, 3.05) is 10.7 Å². The zero-order chi connectivity index (χ0) is 23.6. The van der Waals surface area contributed by atoms with Crippen molar-refractivity contribution >= 4 is 54.0 Å². The maximum atomic E-state index is 13.2. The number of fused-ring (bicyclic) bond motifs is 1. The van der Waals surface area contributed by atoms with Gasteiger partial charge in [-0.2, -0.15) is 0 Å². The third-order valence-corrected chi connectivity index (χ3v) is 7.97. The number of aromatic nitrogens is 2. The third kappa shape index (κ3) is 5.38. The SMILES string of the molecule is Cc1cc(Cl)cc2sc(N(Cc3cccnc3)C(=O)CCS(=O)(=O)c3ccc(F)cc3)nc12. The fraction of sp³-hybridized carbons (Fsp3) is 0.174. The summed E-state index contributed by atoms with van der Waals surface area (Å²) in [5.41, 5.74) is 2.40. The Bertz CT molecular complexity index is 1410. The van der Waals surface area contributed by atoms with Gasteiger partial charge in [0.25, 0.3) is 0 Å². The van der Waals surface area contributed by atoms with Crippen LogP contribution in [0.1, 0.15) is 17.5 Å². The summed E-state index contributed by atoms with van der Waals surface area (Å²) in [6, 6.07) is 11.7. The van der Waals surface area contributed by atoms with Crippen LogP contribution in [0.5, 0.6) is 0 Å². The van der Waals surface area contributed by atoms with Crippen molar-refractivity contribution in [3.63, 3.8) is 0 Å². The van der Waals surface area contributed by atoms with Crippen molar-refractivity contribution in [1.29, 1.82) is 0 Å². The Kier molecular flexibility index (Phi) is 6.73. The lowest BCUT2D eigenvalue weighted by atomic mass is 10.2. The van der Waals surface area contributed by atoms with E-state index in [0.29, 0.717) is 10.2 Å². The quantitative estimate of drug-likeness (QED) is 0.324. The molecule has 0 saturated carbocycles. The standard InChI is InChI=1S/C23H19ClFN3O3S2/c1-15-11-17(24)12-20-22(15)27-23(32-20)28(14-16-3-2-9-26-13-16)21(29)8-10-33(30,31)19-6-4-18(25)5-7-19/h2-7,9,11-13H,8,10,14H2,1H3. The highest BCUT2D eigenvalue weighted by molar-refractivity contribution is 7.91. The fourth-order valence-corrected chi connectivity index (χ4v) is 5.98. The maximum Gasteiger partial charge on any atom is 0.230 e. The lowest BCUT2D eigenvalue weighted by molar-refractivity contribution is -0.118. The van der Waals surface area contributed by atoms with Gasteiger partial charge in [0.1, 0.15) is 5.82 Å². The average Bonchev–Trinajstić information content (AvgIpc) is 3.21. The monoisotopic (exact) mass is 503 g/mol. The number of nitrogens with zero attached hydrogens (tertiary/aromatic N) is 3. The van der Waals surface area contributed by atoms with Gasteiger partial charge < -0.3 is 0 Å². The number of thiazole rings is 1. The number of hydrogen-bond donors (Lipinski definition) is 0. The molecule has 0 aliphatic rings. The number of hydrogen-bond acceptors (Lipinski definition) is 6. The van der Waals surface area contributed by atoms with Gasteiger partial charge in [0.05, 0.1) is 27.4 Å². The molecule has 0 aliphatic carbocycles. The smallest absolute Gasteiger partial charge is 0.230 e. The molecular formula is C23H19ClFN3O3S2. The molecule has 0 atom stereocenters. The van der Waals surface area contributed by atoms with Gasteiger partial charge in [0.15, 0.2) is 15.0 Å². The van der Waals surface area contributed by atoms with Gasteiger partial charge in [-0.15, -0.1) is 0 Å². The van der Waals surface area contributed by atoms with Gasteiger partial charge in [-0.05, 0) is 60.5 Å². The van der Waals surface area contributed by atoms with Crippen LogP contribution in [0, 0.1) is 12.7 Å². The zero-order valence-electron chi connectivity index (χ0n) is 17.5. The van der Waals surface area contributed by atoms with Crippen molar-refractivity contribution in [3.05, 3.63) is 82.9 Å². The van der Waals surface area contributed by atoms with Gasteiger partial charge >= 0.3 is 0 Å². The van der Waals surface area contributed by atoms with E-state index in [4.69, 9.17) is 11.6 Å². The largest absolute Gasteiger partial charge is 0.284 e. The molecule has 0 unspecified atom stereocenters. The molecule has 10 heteroatoms. The maximum absolute atomic E-state index is 13.2. The van der Waals surface area contributed by atoms with Gasteiger partial charge in [0.2, 0.25) is 5.91 Å². The van der Waals surface area contributed by atoms with E-state index in [9.17, 15) is 17.6 Å². The molecule has 0 saturated heterocycles. The van der Waals surface area contributed by atoms with E-state index in [-0.39, 0.29) is 17.9 Å². The molecule has 33 heavy (non-hydrogen) atoms. The van der Waals surface area contributed by atoms with Crippen LogP contribution in [0.15, 0.2) is 65.8 Å². The van der Waals surface area contributed by atoms with Crippen LogP contribution in [-0.2, 0) is 21.2 Å². The molecule has 2 aromatic carbocycles. The summed E-state index contributed by atoms with van der Waals surface area (Å²) < 4.78 is 39.3. The number of amides is 1. The summed E-state index contributed by atoms with van der Waals surface area (Å²) in [6.07, 6.45) is 3.02. The third-order valence-electron chi connectivity index (χ3n) is 4.99.